The van der Waals surface area contributed by atoms with E-state index in [1.807, 2.05) is 26.0 Å². The molecule has 0 aromatic rings. The Bertz CT molecular complexity index is 1180. The predicted molar refractivity (Wildman–Crippen MR) is 194 cm³/mol. The van der Waals surface area contributed by atoms with Crippen molar-refractivity contribution in [3.05, 3.63) is 84.6 Å². The number of amides is 3. The predicted octanol–water partition coefficient (Wildman–Crippen LogP) is 6.95. The van der Waals surface area contributed by atoms with Crippen molar-refractivity contribution in [1.82, 2.24) is 16.0 Å². The summed E-state index contributed by atoms with van der Waals surface area (Å²) in [7, 11) is 0. The molecule has 0 saturated heterocycles. The van der Waals surface area contributed by atoms with Crippen molar-refractivity contribution in [2.75, 3.05) is 6.54 Å². The van der Waals surface area contributed by atoms with E-state index in [4.69, 9.17) is 4.74 Å². The highest BCUT2D eigenvalue weighted by Gasteiger charge is 2.38. The summed E-state index contributed by atoms with van der Waals surface area (Å²) in [5.41, 5.74) is 0.126. The minimum absolute atomic E-state index is 0.0269. The fourth-order valence-electron chi connectivity index (χ4n) is 5.04. The van der Waals surface area contributed by atoms with Gasteiger partial charge < -0.3 is 25.8 Å². The van der Waals surface area contributed by atoms with E-state index in [-0.39, 0.29) is 48.8 Å². The lowest BCUT2D eigenvalue weighted by Gasteiger charge is -2.38. The van der Waals surface area contributed by atoms with Crippen molar-refractivity contribution >= 4 is 23.7 Å². The van der Waals surface area contributed by atoms with Crippen molar-refractivity contribution in [3.63, 3.8) is 0 Å². The van der Waals surface area contributed by atoms with Crippen LogP contribution in [0.2, 0.25) is 0 Å². The highest BCUT2D eigenvalue weighted by Crippen LogP contribution is 2.24. The summed E-state index contributed by atoms with van der Waals surface area (Å²) in [5, 5.41) is 18.1. The smallest absolute Gasteiger partial charge is 0.331 e. The van der Waals surface area contributed by atoms with E-state index in [1.54, 1.807) is 0 Å². The zero-order chi connectivity index (χ0) is 35.4. The molecule has 0 aromatic carbocycles. The summed E-state index contributed by atoms with van der Waals surface area (Å²) in [5.74, 6) is -1.89. The van der Waals surface area contributed by atoms with Gasteiger partial charge in [0.15, 0.2) is 0 Å². The minimum atomic E-state index is -1.09. The Morgan fingerprint density at radius 2 is 1.29 bits per heavy atom. The maximum absolute atomic E-state index is 12.8. The van der Waals surface area contributed by atoms with Crippen LogP contribution in [0.5, 0.6) is 0 Å². The molecule has 0 spiro atoms. The molecule has 0 saturated carbocycles. The van der Waals surface area contributed by atoms with Gasteiger partial charge in [0, 0.05) is 38.3 Å². The number of rotatable bonds is 24. The molecular weight excluding hydrogens is 606 g/mol. The number of carboxylic acids is 1. The van der Waals surface area contributed by atoms with Crippen LogP contribution >= 0.6 is 0 Å². The first kappa shape index (κ1) is 42.0. The Morgan fingerprint density at radius 1 is 0.771 bits per heavy atom. The first-order chi connectivity index (χ1) is 23.2. The van der Waals surface area contributed by atoms with Crippen LogP contribution in [0.1, 0.15) is 105 Å². The molecule has 0 radical (unpaired) electrons. The maximum atomic E-state index is 12.8. The SMILES string of the molecule is CC/C=C\C/C=C\C/C=C\C/C=C\C/C=C\C/C=C\CCC(=O)NCCC(=O)NC1CC(C(=O)O)=CC(OC(CC)CC)C1NC(C)=O. The maximum Gasteiger partial charge on any atom is 0.331 e. The average Bonchev–Trinajstić information content (AvgIpc) is 3.05. The Hall–Kier alpha value is -3.98. The number of ether oxygens (including phenoxy) is 1. The van der Waals surface area contributed by atoms with Gasteiger partial charge in [-0.15, -0.1) is 0 Å². The summed E-state index contributed by atoms with van der Waals surface area (Å²) >= 11 is 0. The Kier molecular flexibility index (Phi) is 23.7. The van der Waals surface area contributed by atoms with Crippen LogP contribution < -0.4 is 16.0 Å². The molecule has 3 atom stereocenters. The lowest BCUT2D eigenvalue weighted by molar-refractivity contribution is -0.134. The van der Waals surface area contributed by atoms with Gasteiger partial charge in [0.1, 0.15) is 0 Å². The number of aliphatic carboxylic acids is 1. The third-order valence-electron chi connectivity index (χ3n) is 7.65. The summed E-state index contributed by atoms with van der Waals surface area (Å²) < 4.78 is 6.14. The van der Waals surface area contributed by atoms with Crippen molar-refractivity contribution in [1.29, 1.82) is 0 Å². The van der Waals surface area contributed by atoms with E-state index < -0.39 is 24.2 Å². The summed E-state index contributed by atoms with van der Waals surface area (Å²) in [6.07, 6.45) is 34.5. The van der Waals surface area contributed by atoms with Gasteiger partial charge in [0.05, 0.1) is 24.3 Å². The highest BCUT2D eigenvalue weighted by atomic mass is 16.5. The largest absolute Gasteiger partial charge is 0.478 e. The third kappa shape index (κ3) is 20.3. The van der Waals surface area contributed by atoms with E-state index in [1.165, 1.54) is 13.0 Å². The molecule has 1 aliphatic rings. The molecule has 9 heteroatoms. The summed E-state index contributed by atoms with van der Waals surface area (Å²) in [4.78, 5) is 48.8. The lowest BCUT2D eigenvalue weighted by Crippen LogP contribution is -2.59. The average molecular weight is 666 g/mol. The molecule has 4 N–H and O–H groups in total. The van der Waals surface area contributed by atoms with E-state index in [2.05, 4.69) is 83.6 Å². The second-order valence-corrected chi connectivity index (χ2v) is 11.7. The van der Waals surface area contributed by atoms with Crippen LogP contribution in [-0.4, -0.2) is 59.6 Å². The summed E-state index contributed by atoms with van der Waals surface area (Å²) in [6.45, 7) is 7.62. The number of allylic oxidation sites excluding steroid dienone is 12. The van der Waals surface area contributed by atoms with Crippen molar-refractivity contribution in [2.24, 2.45) is 0 Å². The standard InChI is InChI=1S/C39H59N3O6/c1-5-8-9-10-11-12-13-14-15-16-17-18-19-20-21-22-23-24-25-26-36(44)40-28-27-37(45)42-34-29-32(39(46)47)30-35(38(34)41-31(4)43)48-33(6-2)7-3/h8-9,11-12,14-15,17-18,20-21,23-24,30,33-35,38H,5-7,10,13,16,19,22,25-29H2,1-4H3,(H,40,44)(H,41,43)(H,42,45)(H,46,47)/b9-8-,12-11-,15-14-,18-17-,21-20-,24-23-. The highest BCUT2D eigenvalue weighted by molar-refractivity contribution is 5.87. The molecule has 3 unspecified atom stereocenters. The molecule has 0 bridgehead atoms. The molecule has 0 heterocycles. The first-order valence-corrected chi connectivity index (χ1v) is 17.5. The number of nitrogens with one attached hydrogen (secondary N) is 3. The van der Waals surface area contributed by atoms with Crippen molar-refractivity contribution in [2.45, 2.75) is 129 Å². The molecule has 0 fully saturated rings. The molecule has 0 aromatic heterocycles. The number of hydrogen-bond donors (Lipinski definition) is 4. The van der Waals surface area contributed by atoms with Gasteiger partial charge in [-0.3, -0.25) is 14.4 Å². The zero-order valence-corrected chi connectivity index (χ0v) is 29.5. The molecule has 266 valence electrons. The van der Waals surface area contributed by atoms with Crippen LogP contribution in [0.15, 0.2) is 84.6 Å². The fraction of sp³-hybridized carbons (Fsp3) is 0.538. The van der Waals surface area contributed by atoms with Gasteiger partial charge in [-0.05, 0) is 63.9 Å². The van der Waals surface area contributed by atoms with Crippen LogP contribution in [0.4, 0.5) is 0 Å². The molecule has 3 amide bonds. The van der Waals surface area contributed by atoms with Crippen LogP contribution in [0.25, 0.3) is 0 Å². The second-order valence-electron chi connectivity index (χ2n) is 11.7. The van der Waals surface area contributed by atoms with Crippen LogP contribution in [-0.2, 0) is 23.9 Å². The summed E-state index contributed by atoms with van der Waals surface area (Å²) in [6, 6.07) is -1.29. The van der Waals surface area contributed by atoms with Crippen LogP contribution in [0, 0.1) is 0 Å². The third-order valence-corrected chi connectivity index (χ3v) is 7.65. The van der Waals surface area contributed by atoms with Gasteiger partial charge >= 0.3 is 5.97 Å². The molecule has 9 nitrogen and oxygen atoms in total. The van der Waals surface area contributed by atoms with Gasteiger partial charge in [0.25, 0.3) is 0 Å². The van der Waals surface area contributed by atoms with E-state index in [0.717, 1.165) is 51.4 Å². The van der Waals surface area contributed by atoms with E-state index in [9.17, 15) is 24.3 Å². The van der Waals surface area contributed by atoms with Crippen LogP contribution in [0.3, 0.4) is 0 Å². The number of carbonyl (C=O) groups excluding carboxylic acids is 3. The normalized spacial score (nSPS) is 18.6. The zero-order valence-electron chi connectivity index (χ0n) is 29.5. The van der Waals surface area contributed by atoms with E-state index in [0.29, 0.717) is 12.8 Å². The fourth-order valence-corrected chi connectivity index (χ4v) is 5.04. The molecular formula is C39H59N3O6. The number of carbonyl (C=O) groups is 4. The molecule has 1 aliphatic carbocycles. The monoisotopic (exact) mass is 665 g/mol. The topological polar surface area (TPSA) is 134 Å². The minimum Gasteiger partial charge on any atom is -0.478 e. The molecule has 0 aliphatic heterocycles. The van der Waals surface area contributed by atoms with Gasteiger partial charge in [-0.25, -0.2) is 4.79 Å². The van der Waals surface area contributed by atoms with E-state index >= 15 is 0 Å². The first-order valence-electron chi connectivity index (χ1n) is 17.5. The number of carboxylic acid groups (broad SMARTS) is 1. The van der Waals surface area contributed by atoms with Gasteiger partial charge in [-0.2, -0.15) is 0 Å². The lowest BCUT2D eigenvalue weighted by atomic mass is 9.87. The number of hydrogen-bond acceptors (Lipinski definition) is 5. The van der Waals surface area contributed by atoms with Gasteiger partial charge in [0.2, 0.25) is 17.7 Å². The Labute approximate surface area is 288 Å². The van der Waals surface area contributed by atoms with Gasteiger partial charge in [-0.1, -0.05) is 93.7 Å². The Balaban J connectivity index is 2.34. The van der Waals surface area contributed by atoms with Crippen molar-refractivity contribution < 1.29 is 29.0 Å². The van der Waals surface area contributed by atoms with Crippen molar-refractivity contribution in [3.8, 4) is 0 Å². The quantitative estimate of drug-likeness (QED) is 0.0825. The second kappa shape index (κ2) is 27.0. The molecule has 48 heavy (non-hydrogen) atoms. The molecule has 1 rings (SSSR count). The Morgan fingerprint density at radius 3 is 1.77 bits per heavy atom.